The molecule has 3 heterocycles. The van der Waals surface area contributed by atoms with Gasteiger partial charge in [-0.25, -0.2) is 0 Å². The van der Waals surface area contributed by atoms with Crippen LogP contribution < -0.4 is 5.19 Å². The summed E-state index contributed by atoms with van der Waals surface area (Å²) in [7, 11) is -1.74. The van der Waals surface area contributed by atoms with Crippen LogP contribution in [0.4, 0.5) is 0 Å². The Morgan fingerprint density at radius 1 is 0.688 bits per heavy atom. The minimum Gasteiger partial charge on any atom is -0.500 e. The third-order valence-electron chi connectivity index (χ3n) is 12.6. The largest absolute Gasteiger partial charge is 0.500 e. The van der Waals surface area contributed by atoms with Crippen LogP contribution >= 0.6 is 0 Å². The minimum atomic E-state index is -1.74. The third-order valence-corrected chi connectivity index (χ3v) is 14.6. The molecule has 329 valence electrons. The van der Waals surface area contributed by atoms with E-state index in [1.165, 1.54) is 17.5 Å². The van der Waals surface area contributed by atoms with Gasteiger partial charge in [0, 0.05) is 44.7 Å². The fourth-order valence-electron chi connectivity index (χ4n) is 9.24. The summed E-state index contributed by atoms with van der Waals surface area (Å²) in [6.07, 6.45) is 10.2. The number of furan rings is 1. The summed E-state index contributed by atoms with van der Waals surface area (Å²) >= 11 is 0. The second-order valence-corrected chi connectivity index (χ2v) is 23.8. The molecule has 2 aliphatic carbocycles. The minimum absolute atomic E-state index is 0. The summed E-state index contributed by atoms with van der Waals surface area (Å²) in [6.45, 7) is 10.6. The Balaban J connectivity index is 0.000000196. The van der Waals surface area contributed by atoms with Crippen molar-refractivity contribution in [1.29, 1.82) is 0 Å². The van der Waals surface area contributed by atoms with Gasteiger partial charge in [-0.05, 0) is 94.3 Å². The van der Waals surface area contributed by atoms with Crippen LogP contribution in [-0.2, 0) is 32.9 Å². The standard InChI is InChI=1S/C36H30NO.C23H32NSi.Ir/c1-3-7-25(8-4-1)21-26-19-20-37-34(22-26)31-16-18-35-33(23-31)32-17-15-30(24-36(32)38-35)29-13-11-28(12-14-29)27-9-5-2-6-10-27;1-17(2)13-21-15-22(24-16-23(21)25(3,4)5)20-12-8-11-19(14-20)18-9-6-7-10-18;/h2,5-6,9-15,17-20,22-25H,1,3-4,7-8,21H2;8,11,14-18H,6-7,9-10,13H2,1-5H3;/q2*-1;/i21D2;13D2,18D;. The van der Waals surface area contributed by atoms with Gasteiger partial charge in [-0.1, -0.05) is 174 Å². The van der Waals surface area contributed by atoms with Crippen molar-refractivity contribution in [3.05, 3.63) is 163 Å². The van der Waals surface area contributed by atoms with E-state index in [2.05, 4.69) is 110 Å². The van der Waals surface area contributed by atoms with Gasteiger partial charge < -0.3 is 14.4 Å². The zero-order valence-electron chi connectivity index (χ0n) is 42.9. The summed E-state index contributed by atoms with van der Waals surface area (Å²) in [5, 5.41) is 3.14. The molecule has 2 fully saturated rings. The van der Waals surface area contributed by atoms with Crippen molar-refractivity contribution in [1.82, 2.24) is 9.97 Å². The molecule has 0 atom stereocenters. The summed E-state index contributed by atoms with van der Waals surface area (Å²) in [6, 6.07) is 47.6. The summed E-state index contributed by atoms with van der Waals surface area (Å²) in [4.78, 5) is 9.31. The van der Waals surface area contributed by atoms with Crippen LogP contribution in [0.1, 0.15) is 101 Å². The third kappa shape index (κ3) is 10.8. The molecule has 5 aromatic carbocycles. The maximum atomic E-state index is 8.90. The SMILES string of the molecule is [2H]C([2H])(c1ccnc(-c2[c-]cc3oc4cc(-c5ccc(-c6ccccc6)cc5)ccc4c3c2)c1)C1CCCCC1.[2H]C1(c2cc[c-]c(-c3cc(C([2H])([2H])C(C)C)c([Si](C)(C)C)cn3)c2)CCCC1.[Ir]. The Morgan fingerprint density at radius 2 is 1.36 bits per heavy atom. The normalized spacial score (nSPS) is 16.8. The fourth-order valence-corrected chi connectivity index (χ4v) is 10.6. The monoisotopic (exact) mass is 1040 g/mol. The molecule has 1 radical (unpaired) electrons. The van der Waals surface area contributed by atoms with Crippen LogP contribution in [0.2, 0.25) is 19.6 Å². The Bertz CT molecular complexity index is 3040. The van der Waals surface area contributed by atoms with E-state index in [1.54, 1.807) is 6.20 Å². The van der Waals surface area contributed by atoms with Crippen molar-refractivity contribution in [2.45, 2.75) is 110 Å². The van der Waals surface area contributed by atoms with Crippen molar-refractivity contribution >= 4 is 35.2 Å². The quantitative estimate of drug-likeness (QED) is 0.101. The fraction of sp³-hybridized carbons (Fsp3) is 0.322. The van der Waals surface area contributed by atoms with Crippen LogP contribution in [0, 0.1) is 24.0 Å². The number of pyridine rings is 2. The Kier molecular flexibility index (Phi) is 12.6. The Hall–Kier alpha value is -4.93. The van der Waals surface area contributed by atoms with Gasteiger partial charge in [-0.3, -0.25) is 0 Å². The first kappa shape index (κ1) is 39.4. The molecule has 0 spiro atoms. The molecule has 3 nitrogen and oxygen atoms in total. The zero-order valence-corrected chi connectivity index (χ0v) is 41.3. The van der Waals surface area contributed by atoms with E-state index in [1.807, 2.05) is 68.6 Å². The predicted molar refractivity (Wildman–Crippen MR) is 268 cm³/mol. The number of rotatable bonds is 10. The number of benzene rings is 5. The molecular formula is C59H62IrN2OSi-2. The van der Waals surface area contributed by atoms with Crippen molar-refractivity contribution in [2.75, 3.05) is 0 Å². The topological polar surface area (TPSA) is 38.9 Å². The number of hydrogen-bond acceptors (Lipinski definition) is 3. The maximum Gasteiger partial charge on any atom is 0.121 e. The van der Waals surface area contributed by atoms with Gasteiger partial charge in [0.1, 0.15) is 5.58 Å². The molecule has 0 N–H and O–H groups in total. The average Bonchev–Trinajstić information content (AvgIpc) is 3.98. The summed E-state index contributed by atoms with van der Waals surface area (Å²) in [5.41, 5.74) is 12.0. The number of fused-ring (bicyclic) bond motifs is 3. The number of nitrogens with zero attached hydrogens (tertiary/aromatic N) is 2. The summed E-state index contributed by atoms with van der Waals surface area (Å²) in [5.74, 6) is -0.565. The molecule has 0 saturated heterocycles. The first-order chi connectivity index (χ1) is 32.5. The van der Waals surface area contributed by atoms with E-state index in [0.29, 0.717) is 5.56 Å². The van der Waals surface area contributed by atoms with E-state index >= 15 is 0 Å². The molecule has 64 heavy (non-hydrogen) atoms. The van der Waals surface area contributed by atoms with Gasteiger partial charge in [-0.2, -0.15) is 0 Å². The van der Waals surface area contributed by atoms with E-state index in [4.69, 9.17) is 16.3 Å². The van der Waals surface area contributed by atoms with E-state index in [-0.39, 0.29) is 31.9 Å². The molecular weight excluding hydrogens is 973 g/mol. The smallest absolute Gasteiger partial charge is 0.121 e. The average molecular weight is 1040 g/mol. The Morgan fingerprint density at radius 3 is 2.09 bits per heavy atom. The molecule has 0 amide bonds. The van der Waals surface area contributed by atoms with Crippen LogP contribution in [0.25, 0.3) is 66.7 Å². The zero-order chi connectivity index (χ0) is 47.8. The second-order valence-electron chi connectivity index (χ2n) is 18.8. The van der Waals surface area contributed by atoms with Crippen molar-refractivity contribution in [3.63, 3.8) is 0 Å². The maximum absolute atomic E-state index is 8.90. The van der Waals surface area contributed by atoms with Crippen LogP contribution in [-0.4, -0.2) is 18.0 Å². The van der Waals surface area contributed by atoms with Gasteiger partial charge >= 0.3 is 0 Å². The molecule has 3 aromatic heterocycles. The molecule has 0 aliphatic heterocycles. The van der Waals surface area contributed by atoms with Crippen molar-refractivity contribution < 1.29 is 31.4 Å². The number of aromatic nitrogens is 2. The molecule has 8 aromatic rings. The van der Waals surface area contributed by atoms with Crippen LogP contribution in [0.3, 0.4) is 0 Å². The molecule has 5 heteroatoms. The number of hydrogen-bond donors (Lipinski definition) is 0. The first-order valence-corrected chi connectivity index (χ1v) is 26.6. The molecule has 0 unspecified atom stereocenters. The van der Waals surface area contributed by atoms with Gasteiger partial charge in [0.15, 0.2) is 0 Å². The first-order valence-electron chi connectivity index (χ1n) is 25.6. The van der Waals surface area contributed by atoms with Gasteiger partial charge in [0.2, 0.25) is 0 Å². The van der Waals surface area contributed by atoms with Crippen molar-refractivity contribution in [3.8, 4) is 44.8 Å². The van der Waals surface area contributed by atoms with Crippen LogP contribution in [0.5, 0.6) is 0 Å². The van der Waals surface area contributed by atoms with E-state index < -0.39 is 26.7 Å². The molecule has 2 saturated carbocycles. The van der Waals surface area contributed by atoms with Gasteiger partial charge in [-0.15, -0.1) is 59.2 Å². The van der Waals surface area contributed by atoms with Gasteiger partial charge in [0.25, 0.3) is 0 Å². The Labute approximate surface area is 403 Å². The molecule has 0 bridgehead atoms. The summed E-state index contributed by atoms with van der Waals surface area (Å²) < 4.78 is 50.3. The van der Waals surface area contributed by atoms with E-state index in [9.17, 15) is 0 Å². The van der Waals surface area contributed by atoms with E-state index in [0.717, 1.165) is 123 Å². The molecule has 10 rings (SSSR count). The van der Waals surface area contributed by atoms with Crippen molar-refractivity contribution in [2.24, 2.45) is 11.8 Å². The molecule has 2 aliphatic rings. The van der Waals surface area contributed by atoms with Crippen LogP contribution in [0.15, 0.2) is 138 Å². The second kappa shape index (κ2) is 20.5. The van der Waals surface area contributed by atoms with Gasteiger partial charge in [0.05, 0.1) is 13.7 Å². The predicted octanol–water partition coefficient (Wildman–Crippen LogP) is 15.9.